The second kappa shape index (κ2) is 4.98. The van der Waals surface area contributed by atoms with Crippen molar-refractivity contribution in [1.29, 1.82) is 0 Å². The third kappa shape index (κ3) is 2.70. The number of hydrogen-bond donors (Lipinski definition) is 0. The second-order valence-electron chi connectivity index (χ2n) is 3.34. The van der Waals surface area contributed by atoms with Crippen LogP contribution >= 0.6 is 0 Å². The van der Waals surface area contributed by atoms with Gasteiger partial charge in [-0.15, -0.1) is 5.92 Å². The molecule has 0 saturated heterocycles. The lowest BCUT2D eigenvalue weighted by Crippen LogP contribution is -2.16. The molecule has 0 radical (unpaired) electrons. The average Bonchev–Trinajstić information content (AvgIpc) is 2.09. The first-order valence-electron chi connectivity index (χ1n) is 4.85. The summed E-state index contributed by atoms with van der Waals surface area (Å²) in [5, 5.41) is 0. The number of carbonyl (C=O) groups is 1. The average molecular weight is 164 g/mol. The molecule has 1 aliphatic rings. The molecule has 0 aromatic carbocycles. The number of rotatable bonds is 1. The van der Waals surface area contributed by atoms with Gasteiger partial charge in [0.05, 0.1) is 5.92 Å². The van der Waals surface area contributed by atoms with Gasteiger partial charge >= 0.3 is 0 Å². The fourth-order valence-corrected chi connectivity index (χ4v) is 1.46. The highest BCUT2D eigenvalue weighted by atomic mass is 16.1. The lowest BCUT2D eigenvalue weighted by Gasteiger charge is -2.14. The first kappa shape index (κ1) is 9.32. The Labute approximate surface area is 74.5 Å². The van der Waals surface area contributed by atoms with Crippen LogP contribution in [0.2, 0.25) is 0 Å². The second-order valence-corrected chi connectivity index (χ2v) is 3.34. The van der Waals surface area contributed by atoms with E-state index in [1.165, 1.54) is 6.42 Å². The summed E-state index contributed by atoms with van der Waals surface area (Å²) in [6.45, 7) is 2.11. The minimum atomic E-state index is 0.0744. The van der Waals surface area contributed by atoms with E-state index in [1.807, 2.05) is 0 Å². The third-order valence-electron chi connectivity index (χ3n) is 2.21. The van der Waals surface area contributed by atoms with Crippen molar-refractivity contribution in [2.75, 3.05) is 0 Å². The number of Topliss-reactive ketones (excluding diaryl/α,β-unsaturated/α-hetero) is 1. The van der Waals surface area contributed by atoms with Gasteiger partial charge in [-0.3, -0.25) is 4.79 Å². The fraction of sp³-hybridized carbons (Fsp3) is 0.727. The zero-order chi connectivity index (χ0) is 8.81. The molecule has 1 heteroatoms. The summed E-state index contributed by atoms with van der Waals surface area (Å²) in [4.78, 5) is 11.3. The van der Waals surface area contributed by atoms with Gasteiger partial charge in [0.25, 0.3) is 0 Å². The van der Waals surface area contributed by atoms with Crippen molar-refractivity contribution in [3.8, 4) is 11.8 Å². The van der Waals surface area contributed by atoms with E-state index in [0.717, 1.165) is 32.1 Å². The van der Waals surface area contributed by atoms with Crippen molar-refractivity contribution < 1.29 is 4.79 Å². The Hall–Kier alpha value is -0.770. The maximum absolute atomic E-state index is 11.3. The van der Waals surface area contributed by atoms with Gasteiger partial charge in [0, 0.05) is 12.8 Å². The maximum atomic E-state index is 11.3. The van der Waals surface area contributed by atoms with E-state index in [0.29, 0.717) is 5.78 Å². The SMILES string of the molecule is CCCC#CC1CCCCC1=O. The smallest absolute Gasteiger partial charge is 0.147 e. The molecule has 0 amide bonds. The molecule has 1 unspecified atom stereocenters. The zero-order valence-electron chi connectivity index (χ0n) is 7.73. The first-order chi connectivity index (χ1) is 5.84. The van der Waals surface area contributed by atoms with Crippen molar-refractivity contribution in [3.05, 3.63) is 0 Å². The van der Waals surface area contributed by atoms with Crippen LogP contribution in [0.4, 0.5) is 0 Å². The summed E-state index contributed by atoms with van der Waals surface area (Å²) < 4.78 is 0. The molecule has 1 fully saturated rings. The van der Waals surface area contributed by atoms with Gasteiger partial charge in [-0.25, -0.2) is 0 Å². The molecule has 1 rings (SSSR count). The summed E-state index contributed by atoms with van der Waals surface area (Å²) in [6, 6.07) is 0. The van der Waals surface area contributed by atoms with E-state index in [-0.39, 0.29) is 5.92 Å². The van der Waals surface area contributed by atoms with E-state index in [4.69, 9.17) is 0 Å². The van der Waals surface area contributed by atoms with Crippen molar-refractivity contribution in [1.82, 2.24) is 0 Å². The largest absolute Gasteiger partial charge is 0.298 e. The first-order valence-corrected chi connectivity index (χ1v) is 4.85. The topological polar surface area (TPSA) is 17.1 Å². The molecule has 0 N–H and O–H groups in total. The van der Waals surface area contributed by atoms with Crippen LogP contribution in [0.15, 0.2) is 0 Å². The van der Waals surface area contributed by atoms with Gasteiger partial charge < -0.3 is 0 Å². The molecule has 0 aliphatic heterocycles. The Morgan fingerprint density at radius 3 is 3.00 bits per heavy atom. The third-order valence-corrected chi connectivity index (χ3v) is 2.21. The Balaban J connectivity index is 2.40. The molecule has 1 aliphatic carbocycles. The number of unbranched alkanes of at least 4 members (excludes halogenated alkanes) is 1. The van der Waals surface area contributed by atoms with Gasteiger partial charge in [0.1, 0.15) is 5.78 Å². The number of ketones is 1. The Morgan fingerprint density at radius 2 is 2.33 bits per heavy atom. The Kier molecular flexibility index (Phi) is 3.87. The van der Waals surface area contributed by atoms with Gasteiger partial charge in [0.2, 0.25) is 0 Å². The molecule has 12 heavy (non-hydrogen) atoms. The molecule has 0 spiro atoms. The van der Waals surface area contributed by atoms with Crippen LogP contribution < -0.4 is 0 Å². The van der Waals surface area contributed by atoms with Gasteiger partial charge in [-0.2, -0.15) is 0 Å². The van der Waals surface area contributed by atoms with Crippen LogP contribution in [0.3, 0.4) is 0 Å². The summed E-state index contributed by atoms with van der Waals surface area (Å²) in [6.07, 6.45) is 6.03. The van der Waals surface area contributed by atoms with Crippen LogP contribution in [-0.2, 0) is 4.79 Å². The molecule has 1 nitrogen and oxygen atoms in total. The van der Waals surface area contributed by atoms with Crippen molar-refractivity contribution >= 4 is 5.78 Å². The highest BCUT2D eigenvalue weighted by Gasteiger charge is 2.19. The minimum Gasteiger partial charge on any atom is -0.298 e. The molecule has 1 atom stereocenters. The summed E-state index contributed by atoms with van der Waals surface area (Å²) >= 11 is 0. The fourth-order valence-electron chi connectivity index (χ4n) is 1.46. The molecular weight excluding hydrogens is 148 g/mol. The summed E-state index contributed by atoms with van der Waals surface area (Å²) in [5.41, 5.74) is 0. The van der Waals surface area contributed by atoms with Crippen LogP contribution in [0, 0.1) is 17.8 Å². The molecule has 0 heterocycles. The molecular formula is C11H16O. The highest BCUT2D eigenvalue weighted by molar-refractivity contribution is 5.84. The lowest BCUT2D eigenvalue weighted by atomic mass is 9.88. The highest BCUT2D eigenvalue weighted by Crippen LogP contribution is 2.19. The number of hydrogen-bond acceptors (Lipinski definition) is 1. The molecule has 0 bridgehead atoms. The predicted molar refractivity (Wildman–Crippen MR) is 49.6 cm³/mol. The van der Waals surface area contributed by atoms with Crippen molar-refractivity contribution in [2.45, 2.75) is 45.4 Å². The monoisotopic (exact) mass is 164 g/mol. The van der Waals surface area contributed by atoms with Crippen LogP contribution in [0.25, 0.3) is 0 Å². The van der Waals surface area contributed by atoms with Crippen LogP contribution in [0.5, 0.6) is 0 Å². The van der Waals surface area contributed by atoms with Gasteiger partial charge in [-0.1, -0.05) is 19.3 Å². The minimum absolute atomic E-state index is 0.0744. The quantitative estimate of drug-likeness (QED) is 0.544. The van der Waals surface area contributed by atoms with E-state index in [1.54, 1.807) is 0 Å². The maximum Gasteiger partial charge on any atom is 0.147 e. The van der Waals surface area contributed by atoms with Gasteiger partial charge in [0.15, 0.2) is 0 Å². The van der Waals surface area contributed by atoms with Crippen LogP contribution in [0.1, 0.15) is 45.4 Å². The predicted octanol–water partition coefficient (Wildman–Crippen LogP) is 2.55. The standard InChI is InChI=1S/C11H16O/c1-2-3-4-7-10-8-5-6-9-11(10)12/h10H,2-3,5-6,8-9H2,1H3. The molecule has 66 valence electrons. The molecule has 0 aromatic rings. The molecule has 0 aromatic heterocycles. The van der Waals surface area contributed by atoms with Gasteiger partial charge in [-0.05, 0) is 19.3 Å². The summed E-state index contributed by atoms with van der Waals surface area (Å²) in [7, 11) is 0. The molecule has 1 saturated carbocycles. The Morgan fingerprint density at radius 1 is 1.50 bits per heavy atom. The lowest BCUT2D eigenvalue weighted by molar-refractivity contribution is -0.122. The summed E-state index contributed by atoms with van der Waals surface area (Å²) in [5.74, 6) is 6.58. The van der Waals surface area contributed by atoms with E-state index < -0.39 is 0 Å². The normalized spacial score (nSPS) is 23.1. The van der Waals surface area contributed by atoms with E-state index in [9.17, 15) is 4.79 Å². The number of carbonyl (C=O) groups excluding carboxylic acids is 1. The Bertz CT molecular complexity index is 207. The van der Waals surface area contributed by atoms with E-state index >= 15 is 0 Å². The van der Waals surface area contributed by atoms with Crippen LogP contribution in [-0.4, -0.2) is 5.78 Å². The zero-order valence-corrected chi connectivity index (χ0v) is 7.73. The van der Waals surface area contributed by atoms with Crippen molar-refractivity contribution in [2.24, 2.45) is 5.92 Å². The van der Waals surface area contributed by atoms with E-state index in [2.05, 4.69) is 18.8 Å². The van der Waals surface area contributed by atoms with Crippen molar-refractivity contribution in [3.63, 3.8) is 0 Å².